The van der Waals surface area contributed by atoms with Gasteiger partial charge in [-0.2, -0.15) is 5.10 Å². The Hall–Kier alpha value is -3.69. The van der Waals surface area contributed by atoms with Crippen molar-refractivity contribution < 1.29 is 4.79 Å². The molecule has 0 aliphatic carbocycles. The number of amides is 1. The summed E-state index contributed by atoms with van der Waals surface area (Å²) < 4.78 is 6.34. The van der Waals surface area contributed by atoms with Crippen molar-refractivity contribution in [2.75, 3.05) is 0 Å². The third-order valence-electron chi connectivity index (χ3n) is 7.71. The average molecular weight is 634 g/mol. The number of halogens is 2. The Labute approximate surface area is 251 Å². The van der Waals surface area contributed by atoms with Gasteiger partial charge in [-0.05, 0) is 84.1 Å². The summed E-state index contributed by atoms with van der Waals surface area (Å²) in [5.74, 6) is 1.10. The van der Waals surface area contributed by atoms with Crippen LogP contribution in [0.3, 0.4) is 0 Å². The summed E-state index contributed by atoms with van der Waals surface area (Å²) in [7, 11) is 1.96. The van der Waals surface area contributed by atoms with Crippen LogP contribution in [-0.2, 0) is 26.4 Å². The highest BCUT2D eigenvalue weighted by molar-refractivity contribution is 9.10. The number of benzene rings is 2. The number of hydrogen-bond donors (Lipinski definition) is 0. The maximum absolute atomic E-state index is 14.3. The second-order valence-corrected chi connectivity index (χ2v) is 12.4. The number of hydrogen-bond acceptors (Lipinski definition) is 4. The fourth-order valence-electron chi connectivity index (χ4n) is 5.68. The summed E-state index contributed by atoms with van der Waals surface area (Å²) in [6.45, 7) is 6.55. The van der Waals surface area contributed by atoms with Crippen LogP contribution in [0.5, 0.6) is 0 Å². The largest absolute Gasteiger partial charge is 0.334 e. The topological polar surface area (TPSA) is 77.4 Å². The molecule has 0 spiro atoms. The van der Waals surface area contributed by atoms with Gasteiger partial charge < -0.3 is 9.47 Å². The highest BCUT2D eigenvalue weighted by Gasteiger charge is 2.33. The van der Waals surface area contributed by atoms with E-state index in [4.69, 9.17) is 16.7 Å². The minimum Gasteiger partial charge on any atom is -0.334 e. The molecule has 210 valence electrons. The van der Waals surface area contributed by atoms with E-state index in [0.717, 1.165) is 44.9 Å². The summed E-state index contributed by atoms with van der Waals surface area (Å²) in [5, 5.41) is 5.26. The summed E-state index contributed by atoms with van der Waals surface area (Å²) in [6, 6.07) is 12.9. The molecule has 0 unspecified atom stereocenters. The Morgan fingerprint density at radius 2 is 1.93 bits per heavy atom. The second kappa shape index (κ2) is 10.6. The molecule has 1 amide bonds. The highest BCUT2D eigenvalue weighted by atomic mass is 79.9. The van der Waals surface area contributed by atoms with Crippen molar-refractivity contribution in [1.82, 2.24) is 28.6 Å². The molecule has 41 heavy (non-hydrogen) atoms. The van der Waals surface area contributed by atoms with Crippen LogP contribution in [0.15, 0.2) is 70.3 Å². The minimum atomic E-state index is -0.187. The molecule has 0 radical (unpaired) electrons. The lowest BCUT2D eigenvalue weighted by atomic mass is 9.98. The van der Waals surface area contributed by atoms with Gasteiger partial charge in [0, 0.05) is 52.2 Å². The minimum absolute atomic E-state index is 0.0756. The lowest BCUT2D eigenvalue weighted by Gasteiger charge is -2.35. The van der Waals surface area contributed by atoms with Crippen LogP contribution in [0.1, 0.15) is 48.0 Å². The van der Waals surface area contributed by atoms with Crippen LogP contribution in [0.4, 0.5) is 0 Å². The molecular weight excluding hydrogens is 604 g/mol. The first kappa shape index (κ1) is 27.5. The van der Waals surface area contributed by atoms with E-state index in [2.05, 4.69) is 34.8 Å². The van der Waals surface area contributed by atoms with Gasteiger partial charge in [-0.3, -0.25) is 14.2 Å². The molecule has 0 saturated carbocycles. The molecule has 0 bridgehead atoms. The molecule has 6 rings (SSSR count). The Balaban J connectivity index is 1.49. The third-order valence-corrected chi connectivity index (χ3v) is 8.94. The fourth-order valence-corrected chi connectivity index (χ4v) is 6.11. The van der Waals surface area contributed by atoms with Crippen LogP contribution < -0.4 is 5.56 Å². The van der Waals surface area contributed by atoms with Crippen LogP contribution in [0, 0.1) is 5.92 Å². The fraction of sp³-hybridized carbons (Fsp3) is 0.290. The number of nitrogens with zero attached hydrogens (tertiary/aromatic N) is 6. The molecule has 3 aromatic heterocycles. The maximum Gasteiger partial charge on any atom is 0.261 e. The molecule has 1 aliphatic rings. The lowest BCUT2D eigenvalue weighted by molar-refractivity contribution is 0.0651. The van der Waals surface area contributed by atoms with Crippen LogP contribution in [-0.4, -0.2) is 40.6 Å². The standard InChI is InChI=1S/C31H30BrClN6O2/c1-18(2)13-22-16-35-39-27-17-37(30(40)21-7-10-25(32)26(33)15-21)19(3)14-24(27)31(41)38(29(22)39)23-8-5-20(6-9-23)28-34-11-12-36(28)4/h5-12,15-16,18-19H,13-14,17H2,1-4H3/t19-/m1/s1. The molecule has 0 N–H and O–H groups in total. The van der Waals surface area contributed by atoms with Gasteiger partial charge in [-0.15, -0.1) is 0 Å². The van der Waals surface area contributed by atoms with Crippen molar-refractivity contribution in [3.8, 4) is 17.1 Å². The van der Waals surface area contributed by atoms with Gasteiger partial charge in [-0.25, -0.2) is 9.50 Å². The monoisotopic (exact) mass is 632 g/mol. The van der Waals surface area contributed by atoms with E-state index in [1.54, 1.807) is 33.9 Å². The van der Waals surface area contributed by atoms with Crippen molar-refractivity contribution in [3.63, 3.8) is 0 Å². The zero-order valence-corrected chi connectivity index (χ0v) is 25.6. The predicted octanol–water partition coefficient (Wildman–Crippen LogP) is 6.09. The van der Waals surface area contributed by atoms with Crippen LogP contribution in [0.2, 0.25) is 5.02 Å². The van der Waals surface area contributed by atoms with E-state index in [1.165, 1.54) is 0 Å². The number of fused-ring (bicyclic) bond motifs is 3. The molecule has 5 aromatic rings. The summed E-state index contributed by atoms with van der Waals surface area (Å²) in [5.41, 5.74) is 5.31. The zero-order valence-electron chi connectivity index (χ0n) is 23.3. The predicted molar refractivity (Wildman–Crippen MR) is 164 cm³/mol. The summed E-state index contributed by atoms with van der Waals surface area (Å²) >= 11 is 9.69. The Morgan fingerprint density at radius 3 is 2.59 bits per heavy atom. The smallest absolute Gasteiger partial charge is 0.261 e. The lowest BCUT2D eigenvalue weighted by Crippen LogP contribution is -2.46. The average Bonchev–Trinajstić information content (AvgIpc) is 3.56. The first-order valence-corrected chi connectivity index (χ1v) is 14.8. The van der Waals surface area contributed by atoms with Crippen molar-refractivity contribution in [1.29, 1.82) is 0 Å². The summed E-state index contributed by atoms with van der Waals surface area (Å²) in [4.78, 5) is 34.2. The van der Waals surface area contributed by atoms with E-state index < -0.39 is 0 Å². The van der Waals surface area contributed by atoms with Crippen molar-refractivity contribution in [2.45, 2.75) is 46.2 Å². The highest BCUT2D eigenvalue weighted by Crippen LogP contribution is 2.29. The molecule has 8 nitrogen and oxygen atoms in total. The van der Waals surface area contributed by atoms with Crippen molar-refractivity contribution >= 4 is 39.1 Å². The van der Waals surface area contributed by atoms with E-state index in [9.17, 15) is 9.59 Å². The molecule has 1 atom stereocenters. The molecule has 0 saturated heterocycles. The molecule has 1 aliphatic heterocycles. The molecule has 0 fully saturated rings. The Morgan fingerprint density at radius 1 is 1.17 bits per heavy atom. The van der Waals surface area contributed by atoms with E-state index >= 15 is 0 Å². The third kappa shape index (κ3) is 4.81. The quantitative estimate of drug-likeness (QED) is 0.235. The Kier molecular flexibility index (Phi) is 7.11. The van der Waals surface area contributed by atoms with E-state index in [0.29, 0.717) is 28.5 Å². The molecule has 10 heteroatoms. The van der Waals surface area contributed by atoms with Crippen molar-refractivity contribution in [2.24, 2.45) is 13.0 Å². The number of carbonyl (C=O) groups is 1. The Bertz CT molecular complexity index is 1850. The van der Waals surface area contributed by atoms with Gasteiger partial charge in [0.25, 0.3) is 11.5 Å². The van der Waals surface area contributed by atoms with Crippen LogP contribution >= 0.6 is 27.5 Å². The SMILES string of the molecule is CC(C)Cc1cnn2c3c(c(=O)n(-c4ccc(-c5nccn5C)cc4)c12)C[C@@H](C)N(C(=O)c1ccc(Br)c(Cl)c1)C3. The number of carbonyl (C=O) groups excluding carboxylic acids is 1. The number of rotatable bonds is 5. The van der Waals surface area contributed by atoms with Gasteiger partial charge in [-0.1, -0.05) is 25.4 Å². The zero-order chi connectivity index (χ0) is 29.0. The molecule has 4 heterocycles. The summed E-state index contributed by atoms with van der Waals surface area (Å²) in [6.07, 6.45) is 6.72. The second-order valence-electron chi connectivity index (χ2n) is 11.1. The van der Waals surface area contributed by atoms with Gasteiger partial charge in [0.15, 0.2) is 0 Å². The van der Waals surface area contributed by atoms with E-state index in [-0.39, 0.29) is 24.1 Å². The van der Waals surface area contributed by atoms with Gasteiger partial charge in [0.2, 0.25) is 0 Å². The number of imidazole rings is 1. The number of aryl methyl sites for hydroxylation is 1. The van der Waals surface area contributed by atoms with Crippen LogP contribution in [0.25, 0.3) is 22.7 Å². The van der Waals surface area contributed by atoms with Crippen molar-refractivity contribution in [3.05, 3.63) is 103 Å². The van der Waals surface area contributed by atoms with Gasteiger partial charge >= 0.3 is 0 Å². The number of aromatic nitrogens is 5. The van der Waals surface area contributed by atoms with Gasteiger partial charge in [0.1, 0.15) is 11.5 Å². The maximum atomic E-state index is 14.3. The van der Waals surface area contributed by atoms with E-state index in [1.807, 2.05) is 59.7 Å². The normalized spacial score (nSPS) is 15.1. The molecule has 2 aromatic carbocycles. The molecular formula is C31H30BrClN6O2. The first-order valence-electron chi connectivity index (χ1n) is 13.6. The van der Waals surface area contributed by atoms with Gasteiger partial charge in [0.05, 0.1) is 29.1 Å². The first-order chi connectivity index (χ1) is 19.6.